The van der Waals surface area contributed by atoms with Gasteiger partial charge in [-0.25, -0.2) is 0 Å². The van der Waals surface area contributed by atoms with Crippen molar-refractivity contribution in [1.82, 2.24) is 0 Å². The van der Waals surface area contributed by atoms with E-state index in [1.54, 1.807) is 22.3 Å². The van der Waals surface area contributed by atoms with Gasteiger partial charge in [0.2, 0.25) is 0 Å². The molecule has 1 heteroatoms. The molecule has 3 aliphatic rings. The second-order valence-corrected chi connectivity index (χ2v) is 28.2. The molecule has 0 spiro atoms. The number of allylic oxidation sites excluding steroid dienone is 1. The molecule has 9 rings (SSSR count). The molecule has 1 nitrogen and oxygen atoms in total. The Hall–Kier alpha value is -5.14. The maximum atomic E-state index is 2.79. The van der Waals surface area contributed by atoms with Gasteiger partial charge >= 0.3 is 0 Å². The largest absolute Gasteiger partial charge is 0.363 e. The van der Waals surface area contributed by atoms with Gasteiger partial charge in [0.25, 0.3) is 0 Å². The zero-order valence-electron chi connectivity index (χ0n) is 53.9. The van der Waals surface area contributed by atoms with Gasteiger partial charge in [-0.05, 0) is 191 Å². The molecule has 0 bridgehead atoms. The van der Waals surface area contributed by atoms with Gasteiger partial charge < -0.3 is 4.90 Å². The van der Waals surface area contributed by atoms with E-state index in [-0.39, 0.29) is 21.8 Å². The fraction of sp³-hybridized carbons (Fsp3) is 0.531. The minimum atomic E-state index is -0.158. The van der Waals surface area contributed by atoms with Crippen LogP contribution in [0.25, 0.3) is 44.5 Å². The Balaban J connectivity index is 1.01. The second-order valence-electron chi connectivity index (χ2n) is 28.2. The van der Waals surface area contributed by atoms with Crippen LogP contribution in [0.5, 0.6) is 0 Å². The summed E-state index contributed by atoms with van der Waals surface area (Å²) in [5.41, 5.74) is 23.3. The van der Waals surface area contributed by atoms with Gasteiger partial charge in [0.1, 0.15) is 0 Å². The van der Waals surface area contributed by atoms with Crippen LogP contribution in [-0.4, -0.2) is 11.6 Å². The standard InChI is InChI=1S/C81H109N/c1-13-18-22-29-35-68-69(36-30-23-19-14-2)75-57-65(79(9,10)17-5)47-51-71(75)70-49-41-61(55-74(68)70)59-37-43-63(44-38-59)80(11,12)64-45-39-60(40-46-64)62-42-50-72-73-52-48-67(82(78(6,7)8)66-33-27-26-28-34-66)58-77(73)81(76(72)56-62,53-31-24-20-15-3)54-32-25-21-16-4/h26-27,37-52,55-58,66,68-69H,13-25,28-36,53-54H2,1-12H3. The van der Waals surface area contributed by atoms with E-state index >= 15 is 0 Å². The topological polar surface area (TPSA) is 3.24 Å². The quantitative estimate of drug-likeness (QED) is 0.0350. The average molecular weight is 1100 g/mol. The summed E-state index contributed by atoms with van der Waals surface area (Å²) < 4.78 is 0. The van der Waals surface area contributed by atoms with Gasteiger partial charge in [-0.3, -0.25) is 0 Å². The molecule has 0 fully saturated rings. The van der Waals surface area contributed by atoms with Gasteiger partial charge in [-0.1, -0.05) is 280 Å². The van der Waals surface area contributed by atoms with Crippen LogP contribution in [0.2, 0.25) is 0 Å². The number of benzene rings is 6. The van der Waals surface area contributed by atoms with Crippen LogP contribution < -0.4 is 4.90 Å². The molecule has 82 heavy (non-hydrogen) atoms. The van der Waals surface area contributed by atoms with Crippen LogP contribution in [0, 0.1) is 0 Å². The average Bonchev–Trinajstić information content (AvgIpc) is 2.15. The molecule has 0 aliphatic heterocycles. The maximum Gasteiger partial charge on any atom is 0.0376 e. The molecule has 3 atom stereocenters. The molecular weight excluding hydrogens is 987 g/mol. The summed E-state index contributed by atoms with van der Waals surface area (Å²) in [6, 6.07) is 50.3. The molecular formula is C81H109N. The molecule has 6 aromatic rings. The number of unbranched alkanes of at least 4 members (excludes halogenated alkanes) is 12. The van der Waals surface area contributed by atoms with Crippen molar-refractivity contribution in [3.8, 4) is 44.5 Å². The van der Waals surface area contributed by atoms with E-state index < -0.39 is 0 Å². The van der Waals surface area contributed by atoms with Crippen molar-refractivity contribution >= 4 is 5.69 Å². The highest BCUT2D eigenvalue weighted by Gasteiger charge is 2.44. The zero-order chi connectivity index (χ0) is 58.1. The Bertz CT molecular complexity index is 3030. The Kier molecular flexibility index (Phi) is 20.4. The molecule has 6 aromatic carbocycles. The van der Waals surface area contributed by atoms with Crippen LogP contribution in [-0.2, 0) is 16.2 Å². The Morgan fingerprint density at radius 3 is 1.38 bits per heavy atom. The predicted octanol–water partition coefficient (Wildman–Crippen LogP) is 24.7. The normalized spacial score (nSPS) is 17.3. The van der Waals surface area contributed by atoms with E-state index in [1.165, 1.54) is 208 Å². The summed E-state index contributed by atoms with van der Waals surface area (Å²) >= 11 is 0. The fourth-order valence-corrected chi connectivity index (χ4v) is 15.4. The van der Waals surface area contributed by atoms with Crippen LogP contribution in [0.1, 0.15) is 288 Å². The first-order chi connectivity index (χ1) is 39.6. The molecule has 438 valence electrons. The van der Waals surface area contributed by atoms with Gasteiger partial charge in [-0.15, -0.1) is 0 Å². The first-order valence-electron chi connectivity index (χ1n) is 33.8. The summed E-state index contributed by atoms with van der Waals surface area (Å²) in [6.45, 7) is 28.8. The lowest BCUT2D eigenvalue weighted by Gasteiger charge is -2.45. The maximum absolute atomic E-state index is 2.79. The van der Waals surface area contributed by atoms with E-state index in [1.807, 2.05) is 0 Å². The molecule has 0 saturated carbocycles. The van der Waals surface area contributed by atoms with Gasteiger partial charge in [0.05, 0.1) is 0 Å². The van der Waals surface area contributed by atoms with E-state index in [0.717, 1.165) is 12.8 Å². The van der Waals surface area contributed by atoms with Gasteiger partial charge in [0.15, 0.2) is 0 Å². The highest BCUT2D eigenvalue weighted by atomic mass is 15.2. The van der Waals surface area contributed by atoms with Crippen molar-refractivity contribution in [2.24, 2.45) is 0 Å². The van der Waals surface area contributed by atoms with E-state index in [4.69, 9.17) is 0 Å². The van der Waals surface area contributed by atoms with E-state index in [2.05, 4.69) is 221 Å². The van der Waals surface area contributed by atoms with E-state index in [0.29, 0.717) is 17.9 Å². The van der Waals surface area contributed by atoms with Crippen molar-refractivity contribution in [3.63, 3.8) is 0 Å². The molecule has 0 N–H and O–H groups in total. The van der Waals surface area contributed by atoms with Crippen molar-refractivity contribution in [2.45, 2.75) is 277 Å². The number of hydrogen-bond donors (Lipinski definition) is 0. The Labute approximate surface area is 501 Å². The molecule has 0 aromatic heterocycles. The minimum Gasteiger partial charge on any atom is -0.363 e. The number of anilines is 1. The van der Waals surface area contributed by atoms with Crippen LogP contribution in [0.3, 0.4) is 0 Å². The summed E-state index contributed by atoms with van der Waals surface area (Å²) in [6.07, 6.45) is 35.4. The molecule has 0 amide bonds. The molecule has 3 aliphatic carbocycles. The monoisotopic (exact) mass is 1100 g/mol. The van der Waals surface area contributed by atoms with Gasteiger partial charge in [0, 0.05) is 28.1 Å². The lowest BCUT2D eigenvalue weighted by Crippen LogP contribution is -2.49. The molecule has 0 heterocycles. The highest BCUT2D eigenvalue weighted by molar-refractivity contribution is 5.86. The van der Waals surface area contributed by atoms with Crippen molar-refractivity contribution in [3.05, 3.63) is 172 Å². The summed E-state index contributed by atoms with van der Waals surface area (Å²) in [5.74, 6) is 1.11. The number of hydrogen-bond acceptors (Lipinski definition) is 1. The van der Waals surface area contributed by atoms with Crippen molar-refractivity contribution in [1.29, 1.82) is 0 Å². The lowest BCUT2D eigenvalue weighted by atomic mass is 9.66. The first kappa shape index (κ1) is 61.4. The summed E-state index contributed by atoms with van der Waals surface area (Å²) in [5, 5.41) is 0. The minimum absolute atomic E-state index is 0.00912. The third kappa shape index (κ3) is 13.2. The van der Waals surface area contributed by atoms with E-state index in [9.17, 15) is 0 Å². The van der Waals surface area contributed by atoms with Gasteiger partial charge in [-0.2, -0.15) is 0 Å². The third-order valence-corrected chi connectivity index (χ3v) is 20.8. The molecule has 3 unspecified atom stereocenters. The lowest BCUT2D eigenvalue weighted by molar-refractivity contribution is 0.398. The van der Waals surface area contributed by atoms with Crippen molar-refractivity contribution < 1.29 is 0 Å². The van der Waals surface area contributed by atoms with Crippen molar-refractivity contribution in [2.75, 3.05) is 4.90 Å². The van der Waals surface area contributed by atoms with Crippen LogP contribution >= 0.6 is 0 Å². The number of rotatable bonds is 28. The predicted molar refractivity (Wildman–Crippen MR) is 360 cm³/mol. The highest BCUT2D eigenvalue weighted by Crippen LogP contribution is 2.57. The second kappa shape index (κ2) is 27.3. The zero-order valence-corrected chi connectivity index (χ0v) is 53.9. The summed E-state index contributed by atoms with van der Waals surface area (Å²) in [7, 11) is 0. The number of fused-ring (bicyclic) bond motifs is 6. The third-order valence-electron chi connectivity index (χ3n) is 20.8. The Morgan fingerprint density at radius 2 is 0.878 bits per heavy atom. The van der Waals surface area contributed by atoms with Crippen LogP contribution in [0.4, 0.5) is 5.69 Å². The molecule has 0 saturated heterocycles. The molecule has 0 radical (unpaired) electrons. The first-order valence-corrected chi connectivity index (χ1v) is 33.8. The summed E-state index contributed by atoms with van der Waals surface area (Å²) in [4.78, 5) is 2.79. The Morgan fingerprint density at radius 1 is 0.427 bits per heavy atom. The SMILES string of the molecule is CCCCCCC1c2cc(-c3ccc(C(C)(C)c4ccc(-c5ccc6c(c5)C(CCCCCC)(CCCCCC)c5cc(N(C7CC=CCC7)C(C)(C)C)ccc5-6)cc4)cc3)ccc2-c2ccc(C(C)(C)CC)cc2C1CCCCCC. The number of nitrogens with zero attached hydrogens (tertiary/aromatic N) is 1. The van der Waals surface area contributed by atoms with Crippen LogP contribution in [0.15, 0.2) is 133 Å². The smallest absolute Gasteiger partial charge is 0.0376 e. The fourth-order valence-electron chi connectivity index (χ4n) is 15.4.